The fraction of sp³-hybridized carbons (Fsp3) is 0.923. The normalized spacial score (nSPS) is 25.8. The molecular formula is C13H27N3O. The monoisotopic (exact) mass is 241 g/mol. The third-order valence-corrected chi connectivity index (χ3v) is 3.57. The lowest BCUT2D eigenvalue weighted by Crippen LogP contribution is -2.50. The van der Waals surface area contributed by atoms with Crippen LogP contribution in [0.3, 0.4) is 0 Å². The zero-order valence-electron chi connectivity index (χ0n) is 11.2. The van der Waals surface area contributed by atoms with Crippen molar-refractivity contribution in [2.75, 3.05) is 26.2 Å². The van der Waals surface area contributed by atoms with E-state index in [4.69, 9.17) is 5.73 Å². The first-order chi connectivity index (χ1) is 8.17. The first-order valence-electron chi connectivity index (χ1n) is 6.88. The van der Waals surface area contributed by atoms with Gasteiger partial charge in [-0.15, -0.1) is 0 Å². The maximum Gasteiger partial charge on any atom is 0.234 e. The number of hydrogen-bond donors (Lipinski definition) is 2. The molecular weight excluding hydrogens is 214 g/mol. The molecule has 100 valence electrons. The van der Waals surface area contributed by atoms with Gasteiger partial charge in [-0.25, -0.2) is 0 Å². The Labute approximate surface area is 105 Å². The van der Waals surface area contributed by atoms with Crippen LogP contribution in [-0.4, -0.2) is 43.0 Å². The summed E-state index contributed by atoms with van der Waals surface area (Å²) in [5.74, 6) is 0.884. The van der Waals surface area contributed by atoms with E-state index in [9.17, 15) is 4.79 Å². The molecule has 1 fully saturated rings. The minimum absolute atomic E-state index is 0.145. The molecule has 1 rings (SSSR count). The second-order valence-corrected chi connectivity index (χ2v) is 5.19. The van der Waals surface area contributed by atoms with Gasteiger partial charge in [0.1, 0.15) is 0 Å². The van der Waals surface area contributed by atoms with Crippen molar-refractivity contribution in [3.05, 3.63) is 0 Å². The van der Waals surface area contributed by atoms with Crippen LogP contribution in [0.15, 0.2) is 0 Å². The average molecular weight is 241 g/mol. The van der Waals surface area contributed by atoms with Crippen molar-refractivity contribution in [3.8, 4) is 0 Å². The maximum absolute atomic E-state index is 11.7. The Morgan fingerprint density at radius 3 is 2.94 bits per heavy atom. The van der Waals surface area contributed by atoms with Crippen LogP contribution in [-0.2, 0) is 4.79 Å². The van der Waals surface area contributed by atoms with E-state index in [0.717, 1.165) is 38.3 Å². The van der Waals surface area contributed by atoms with Crippen LogP contribution in [0.5, 0.6) is 0 Å². The van der Waals surface area contributed by atoms with Gasteiger partial charge in [-0.1, -0.05) is 20.3 Å². The van der Waals surface area contributed by atoms with Crippen LogP contribution >= 0.6 is 0 Å². The van der Waals surface area contributed by atoms with Crippen molar-refractivity contribution in [3.63, 3.8) is 0 Å². The van der Waals surface area contributed by atoms with Crippen molar-refractivity contribution in [2.24, 2.45) is 11.7 Å². The molecule has 1 heterocycles. The number of nitrogens with zero attached hydrogens (tertiary/aromatic N) is 1. The maximum atomic E-state index is 11.7. The highest BCUT2D eigenvalue weighted by Crippen LogP contribution is 2.21. The summed E-state index contributed by atoms with van der Waals surface area (Å²) in [5, 5.41) is 2.97. The molecule has 0 saturated carbocycles. The van der Waals surface area contributed by atoms with Crippen molar-refractivity contribution < 1.29 is 4.79 Å². The quantitative estimate of drug-likeness (QED) is 0.681. The van der Waals surface area contributed by atoms with Gasteiger partial charge in [-0.05, 0) is 31.7 Å². The Balaban J connectivity index is 2.31. The third-order valence-electron chi connectivity index (χ3n) is 3.57. The minimum Gasteiger partial charge on any atom is -0.355 e. The van der Waals surface area contributed by atoms with E-state index in [-0.39, 0.29) is 5.91 Å². The molecule has 0 aliphatic carbocycles. The van der Waals surface area contributed by atoms with Crippen LogP contribution in [0.4, 0.5) is 0 Å². The van der Waals surface area contributed by atoms with Gasteiger partial charge in [0.2, 0.25) is 5.91 Å². The third kappa shape index (κ3) is 5.04. The Hall–Kier alpha value is -0.610. The van der Waals surface area contributed by atoms with Crippen molar-refractivity contribution in [2.45, 2.75) is 45.6 Å². The van der Waals surface area contributed by atoms with Gasteiger partial charge in [-0.2, -0.15) is 0 Å². The average Bonchev–Trinajstić information content (AvgIpc) is 2.32. The van der Waals surface area contributed by atoms with Crippen molar-refractivity contribution >= 4 is 5.91 Å². The fourth-order valence-corrected chi connectivity index (χ4v) is 2.40. The van der Waals surface area contributed by atoms with Crippen LogP contribution in [0.2, 0.25) is 0 Å². The lowest BCUT2D eigenvalue weighted by molar-refractivity contribution is -0.123. The van der Waals surface area contributed by atoms with Crippen LogP contribution < -0.4 is 11.1 Å². The lowest BCUT2D eigenvalue weighted by atomic mass is 9.92. The molecule has 0 bridgehead atoms. The van der Waals surface area contributed by atoms with Gasteiger partial charge in [0.05, 0.1) is 6.54 Å². The van der Waals surface area contributed by atoms with E-state index < -0.39 is 0 Å². The number of hydrogen-bond acceptors (Lipinski definition) is 3. The van der Waals surface area contributed by atoms with E-state index in [1.165, 1.54) is 6.42 Å². The number of nitrogens with one attached hydrogen (secondary N) is 1. The molecule has 2 unspecified atom stereocenters. The predicted molar refractivity (Wildman–Crippen MR) is 70.7 cm³/mol. The zero-order valence-corrected chi connectivity index (χ0v) is 11.2. The summed E-state index contributed by atoms with van der Waals surface area (Å²) in [6.45, 7) is 7.37. The topological polar surface area (TPSA) is 58.4 Å². The molecule has 0 aromatic heterocycles. The molecule has 4 heteroatoms. The summed E-state index contributed by atoms with van der Waals surface area (Å²) in [4.78, 5) is 14.0. The smallest absolute Gasteiger partial charge is 0.234 e. The first-order valence-corrected chi connectivity index (χ1v) is 6.88. The number of unbranched alkanes of at least 4 members (excludes halogenated alkanes) is 1. The molecule has 1 amide bonds. The number of nitrogens with two attached hydrogens (primary N) is 1. The fourth-order valence-electron chi connectivity index (χ4n) is 2.40. The largest absolute Gasteiger partial charge is 0.355 e. The molecule has 0 spiro atoms. The summed E-state index contributed by atoms with van der Waals surface area (Å²) in [5.41, 5.74) is 5.78. The summed E-state index contributed by atoms with van der Waals surface area (Å²) in [6, 6.07) is 0.385. The summed E-state index contributed by atoms with van der Waals surface area (Å²) >= 11 is 0. The molecule has 0 radical (unpaired) electrons. The van der Waals surface area contributed by atoms with E-state index >= 15 is 0 Å². The number of likely N-dealkylation sites (tertiary alicyclic amines) is 1. The number of rotatable bonds is 6. The predicted octanol–water partition coefficient (Wildman–Crippen LogP) is 0.962. The van der Waals surface area contributed by atoms with Crippen LogP contribution in [0.1, 0.15) is 39.5 Å². The molecule has 0 aromatic rings. The van der Waals surface area contributed by atoms with Gasteiger partial charge in [-0.3, -0.25) is 9.69 Å². The first kappa shape index (κ1) is 14.5. The molecule has 2 atom stereocenters. The summed E-state index contributed by atoms with van der Waals surface area (Å²) in [7, 11) is 0. The molecule has 1 aliphatic rings. The van der Waals surface area contributed by atoms with Crippen molar-refractivity contribution in [1.29, 1.82) is 0 Å². The van der Waals surface area contributed by atoms with Gasteiger partial charge in [0.15, 0.2) is 0 Å². The zero-order chi connectivity index (χ0) is 12.7. The summed E-state index contributed by atoms with van der Waals surface area (Å²) in [6.07, 6.45) is 4.48. The summed E-state index contributed by atoms with van der Waals surface area (Å²) < 4.78 is 0. The Kier molecular flexibility index (Phi) is 6.52. The SMILES string of the molecule is CCCCNC(=O)CN1CCC(C)CC1CN. The second-order valence-electron chi connectivity index (χ2n) is 5.19. The Morgan fingerprint density at radius 2 is 2.29 bits per heavy atom. The molecule has 3 N–H and O–H groups in total. The second kappa shape index (κ2) is 7.67. The molecule has 4 nitrogen and oxygen atoms in total. The Bertz CT molecular complexity index is 233. The van der Waals surface area contributed by atoms with Gasteiger partial charge in [0.25, 0.3) is 0 Å². The highest BCUT2D eigenvalue weighted by molar-refractivity contribution is 5.78. The van der Waals surface area contributed by atoms with E-state index in [1.807, 2.05) is 0 Å². The van der Waals surface area contributed by atoms with Crippen molar-refractivity contribution in [1.82, 2.24) is 10.2 Å². The number of amides is 1. The molecule has 0 aromatic carbocycles. The van der Waals surface area contributed by atoms with Gasteiger partial charge in [0, 0.05) is 19.1 Å². The van der Waals surface area contributed by atoms with Crippen LogP contribution in [0.25, 0.3) is 0 Å². The Morgan fingerprint density at radius 1 is 1.53 bits per heavy atom. The molecule has 1 saturated heterocycles. The molecule has 17 heavy (non-hydrogen) atoms. The number of piperidine rings is 1. The highest BCUT2D eigenvalue weighted by atomic mass is 16.2. The minimum atomic E-state index is 0.145. The standard InChI is InChI=1S/C13H27N3O/c1-3-4-6-15-13(17)10-16-7-5-11(2)8-12(16)9-14/h11-12H,3-10,14H2,1-2H3,(H,15,17). The van der Waals surface area contributed by atoms with Gasteiger partial charge < -0.3 is 11.1 Å². The van der Waals surface area contributed by atoms with E-state index in [0.29, 0.717) is 19.1 Å². The highest BCUT2D eigenvalue weighted by Gasteiger charge is 2.26. The van der Waals surface area contributed by atoms with Gasteiger partial charge >= 0.3 is 0 Å². The number of carbonyl (C=O) groups excluding carboxylic acids is 1. The number of carbonyl (C=O) groups is 1. The van der Waals surface area contributed by atoms with E-state index in [1.54, 1.807) is 0 Å². The molecule has 1 aliphatic heterocycles. The van der Waals surface area contributed by atoms with Crippen LogP contribution in [0, 0.1) is 5.92 Å². The lowest BCUT2D eigenvalue weighted by Gasteiger charge is -2.37. The van der Waals surface area contributed by atoms with E-state index in [2.05, 4.69) is 24.1 Å².